The molecule has 7 nitrogen and oxygen atoms in total. The maximum absolute atomic E-state index is 5.19. The van der Waals surface area contributed by atoms with E-state index in [1.807, 2.05) is 4.68 Å². The van der Waals surface area contributed by atoms with Crippen molar-refractivity contribution in [1.29, 1.82) is 0 Å². The molecular formula is C16H20N6OS. The molecule has 0 aliphatic rings. The van der Waals surface area contributed by atoms with Crippen molar-refractivity contribution >= 4 is 11.3 Å². The van der Waals surface area contributed by atoms with Crippen molar-refractivity contribution in [2.24, 2.45) is 0 Å². The van der Waals surface area contributed by atoms with E-state index in [-0.39, 0.29) is 0 Å². The van der Waals surface area contributed by atoms with Crippen molar-refractivity contribution in [1.82, 2.24) is 29.7 Å². The zero-order chi connectivity index (χ0) is 16.9. The van der Waals surface area contributed by atoms with Crippen LogP contribution in [0.15, 0.2) is 18.5 Å². The number of rotatable bonds is 7. The molecular weight excluding hydrogens is 324 g/mol. The first-order chi connectivity index (χ1) is 11.8. The molecule has 8 heteroatoms. The lowest BCUT2D eigenvalue weighted by Crippen LogP contribution is -2.08. The molecule has 0 fully saturated rings. The van der Waals surface area contributed by atoms with E-state index < -0.39 is 0 Å². The van der Waals surface area contributed by atoms with Gasteiger partial charge in [0.15, 0.2) is 22.5 Å². The Kier molecular flexibility index (Phi) is 5.27. The fraction of sp³-hybridized carbons (Fsp3) is 0.438. The number of aryl methyl sites for hydroxylation is 2. The molecule has 0 N–H and O–H groups in total. The van der Waals surface area contributed by atoms with Crippen LogP contribution in [0.4, 0.5) is 0 Å². The molecule has 3 aromatic heterocycles. The highest BCUT2D eigenvalue weighted by atomic mass is 32.1. The van der Waals surface area contributed by atoms with Crippen LogP contribution in [0.2, 0.25) is 0 Å². The summed E-state index contributed by atoms with van der Waals surface area (Å²) in [4.78, 5) is 19.0. The molecule has 0 bridgehead atoms. The van der Waals surface area contributed by atoms with Crippen LogP contribution in [0.3, 0.4) is 0 Å². The van der Waals surface area contributed by atoms with Gasteiger partial charge in [-0.05, 0) is 12.5 Å². The number of methoxy groups -OCH3 is 1. The van der Waals surface area contributed by atoms with Gasteiger partial charge in [-0.15, -0.1) is 11.3 Å². The van der Waals surface area contributed by atoms with Gasteiger partial charge in [-0.1, -0.05) is 13.8 Å². The highest BCUT2D eigenvalue weighted by Crippen LogP contribution is 2.33. The van der Waals surface area contributed by atoms with Gasteiger partial charge in [-0.25, -0.2) is 24.6 Å². The smallest absolute Gasteiger partial charge is 0.188 e. The molecule has 0 amide bonds. The number of thiazole rings is 1. The number of aromatic nitrogens is 6. The lowest BCUT2D eigenvalue weighted by Gasteiger charge is -2.04. The summed E-state index contributed by atoms with van der Waals surface area (Å²) in [6.07, 6.45) is 5.07. The maximum atomic E-state index is 5.19. The first-order valence-electron chi connectivity index (χ1n) is 7.96. The predicted octanol–water partition coefficient (Wildman–Crippen LogP) is 2.63. The van der Waals surface area contributed by atoms with Crippen LogP contribution in [0.5, 0.6) is 0 Å². The van der Waals surface area contributed by atoms with Crippen molar-refractivity contribution in [2.75, 3.05) is 13.7 Å². The Bertz CT molecular complexity index is 798. The van der Waals surface area contributed by atoms with E-state index in [1.165, 1.54) is 0 Å². The maximum Gasteiger partial charge on any atom is 0.188 e. The molecule has 24 heavy (non-hydrogen) atoms. The van der Waals surface area contributed by atoms with Gasteiger partial charge >= 0.3 is 0 Å². The average Bonchev–Trinajstić information content (AvgIpc) is 3.24. The van der Waals surface area contributed by atoms with Gasteiger partial charge in [0.1, 0.15) is 0 Å². The van der Waals surface area contributed by atoms with Gasteiger partial charge < -0.3 is 4.74 Å². The molecule has 0 radical (unpaired) electrons. The molecule has 3 rings (SSSR count). The SMILES string of the molecule is CCc1nc(-c2sc(-c3ncccn3)nc2CC)n(CCOC)n1. The highest BCUT2D eigenvalue weighted by Gasteiger charge is 2.20. The fourth-order valence-electron chi connectivity index (χ4n) is 2.31. The summed E-state index contributed by atoms with van der Waals surface area (Å²) < 4.78 is 7.10. The van der Waals surface area contributed by atoms with Gasteiger partial charge in [0.05, 0.1) is 23.7 Å². The van der Waals surface area contributed by atoms with Crippen molar-refractivity contribution < 1.29 is 4.74 Å². The third kappa shape index (κ3) is 3.34. The predicted molar refractivity (Wildman–Crippen MR) is 92.8 cm³/mol. The van der Waals surface area contributed by atoms with E-state index in [2.05, 4.69) is 28.9 Å². The number of hydrogen-bond acceptors (Lipinski definition) is 7. The number of ether oxygens (including phenoxy) is 1. The largest absolute Gasteiger partial charge is 0.383 e. The van der Waals surface area contributed by atoms with Crippen LogP contribution in [0.1, 0.15) is 25.4 Å². The molecule has 3 heterocycles. The van der Waals surface area contributed by atoms with Gasteiger partial charge in [0.2, 0.25) is 0 Å². The van der Waals surface area contributed by atoms with Crippen LogP contribution < -0.4 is 0 Å². The van der Waals surface area contributed by atoms with Crippen LogP contribution in [-0.4, -0.2) is 43.4 Å². The normalized spacial score (nSPS) is 11.1. The van der Waals surface area contributed by atoms with Crippen LogP contribution >= 0.6 is 11.3 Å². The molecule has 0 aliphatic carbocycles. The van der Waals surface area contributed by atoms with Gasteiger partial charge in [0, 0.05) is 25.9 Å². The second-order valence-electron chi connectivity index (χ2n) is 5.14. The molecule has 0 saturated heterocycles. The third-order valence-corrected chi connectivity index (χ3v) is 4.62. The second-order valence-corrected chi connectivity index (χ2v) is 6.14. The van der Waals surface area contributed by atoms with E-state index in [4.69, 9.17) is 14.7 Å². The van der Waals surface area contributed by atoms with Crippen LogP contribution in [0, 0.1) is 0 Å². The van der Waals surface area contributed by atoms with Crippen LogP contribution in [0.25, 0.3) is 21.5 Å². The Morgan fingerprint density at radius 2 is 1.92 bits per heavy atom. The molecule has 126 valence electrons. The lowest BCUT2D eigenvalue weighted by molar-refractivity contribution is 0.184. The van der Waals surface area contributed by atoms with Crippen molar-refractivity contribution in [2.45, 2.75) is 33.2 Å². The first kappa shape index (κ1) is 16.7. The molecule has 0 aliphatic heterocycles. The highest BCUT2D eigenvalue weighted by molar-refractivity contribution is 7.18. The Morgan fingerprint density at radius 1 is 1.12 bits per heavy atom. The molecule has 3 aromatic rings. The zero-order valence-electron chi connectivity index (χ0n) is 14.1. The van der Waals surface area contributed by atoms with Crippen molar-refractivity contribution in [3.05, 3.63) is 30.0 Å². The lowest BCUT2D eigenvalue weighted by atomic mass is 10.3. The molecule has 0 atom stereocenters. The van der Waals surface area contributed by atoms with Crippen molar-refractivity contribution in [3.63, 3.8) is 0 Å². The Labute approximate surface area is 144 Å². The standard InChI is InChI=1S/C16H20N6OS/c1-4-11-13(24-16(19-11)14-17-7-6-8-18-14)15-20-12(5-2)21-22(15)9-10-23-3/h6-8H,4-5,9-10H2,1-3H3. The summed E-state index contributed by atoms with van der Waals surface area (Å²) in [6.45, 7) is 5.40. The monoisotopic (exact) mass is 344 g/mol. The van der Waals surface area contributed by atoms with Gasteiger partial charge in [-0.3, -0.25) is 0 Å². The summed E-state index contributed by atoms with van der Waals surface area (Å²) in [5.41, 5.74) is 0.996. The van der Waals surface area contributed by atoms with E-state index in [9.17, 15) is 0 Å². The Hall–Kier alpha value is -2.19. The minimum absolute atomic E-state index is 0.592. The summed E-state index contributed by atoms with van der Waals surface area (Å²) in [6, 6.07) is 1.80. The topological polar surface area (TPSA) is 78.6 Å². The van der Waals surface area contributed by atoms with E-state index in [0.29, 0.717) is 19.0 Å². The number of nitrogens with zero attached hydrogens (tertiary/aromatic N) is 6. The second kappa shape index (κ2) is 7.59. The van der Waals surface area contributed by atoms with E-state index in [1.54, 1.807) is 36.9 Å². The quantitative estimate of drug-likeness (QED) is 0.655. The molecule has 0 spiro atoms. The number of hydrogen-bond donors (Lipinski definition) is 0. The fourth-order valence-corrected chi connectivity index (χ4v) is 3.41. The minimum Gasteiger partial charge on any atom is -0.383 e. The molecule has 0 saturated carbocycles. The zero-order valence-corrected chi connectivity index (χ0v) is 14.9. The minimum atomic E-state index is 0.592. The van der Waals surface area contributed by atoms with Crippen LogP contribution in [-0.2, 0) is 24.1 Å². The summed E-state index contributed by atoms with van der Waals surface area (Å²) in [5, 5.41) is 5.38. The van der Waals surface area contributed by atoms with E-state index >= 15 is 0 Å². The Morgan fingerprint density at radius 3 is 2.58 bits per heavy atom. The Balaban J connectivity index is 2.05. The van der Waals surface area contributed by atoms with Gasteiger partial charge in [0.25, 0.3) is 0 Å². The first-order valence-corrected chi connectivity index (χ1v) is 8.78. The van der Waals surface area contributed by atoms with Crippen molar-refractivity contribution in [3.8, 4) is 21.5 Å². The summed E-state index contributed by atoms with van der Waals surface area (Å²) >= 11 is 1.56. The molecule has 0 aromatic carbocycles. The third-order valence-electron chi connectivity index (χ3n) is 3.53. The van der Waals surface area contributed by atoms with Gasteiger partial charge in [-0.2, -0.15) is 5.10 Å². The summed E-state index contributed by atoms with van der Waals surface area (Å²) in [5.74, 6) is 2.32. The average molecular weight is 344 g/mol. The van der Waals surface area contributed by atoms with E-state index in [0.717, 1.165) is 40.1 Å². The summed E-state index contributed by atoms with van der Waals surface area (Å²) in [7, 11) is 1.69. The molecule has 0 unspecified atom stereocenters.